The van der Waals surface area contributed by atoms with Crippen molar-refractivity contribution in [3.8, 4) is 0 Å². The SMILES string of the molecule is CCCCC/C=C\C/C=C\CCCCCCCCC(O)(CCCCCCCCCCCC)C1CCCC1. The fraction of sp³-hybridized carbons (Fsp3) is 0.889. The van der Waals surface area contributed by atoms with Crippen molar-refractivity contribution in [2.24, 2.45) is 5.92 Å². The molecule has 37 heavy (non-hydrogen) atoms. The normalized spacial score (nSPS) is 16.4. The van der Waals surface area contributed by atoms with Crippen LogP contribution in [0.15, 0.2) is 24.3 Å². The van der Waals surface area contributed by atoms with E-state index < -0.39 is 0 Å². The summed E-state index contributed by atoms with van der Waals surface area (Å²) in [7, 11) is 0. The van der Waals surface area contributed by atoms with Crippen LogP contribution in [0.4, 0.5) is 0 Å². The summed E-state index contributed by atoms with van der Waals surface area (Å²) < 4.78 is 0. The van der Waals surface area contributed by atoms with Gasteiger partial charge >= 0.3 is 0 Å². The van der Waals surface area contributed by atoms with Crippen LogP contribution in [0.3, 0.4) is 0 Å². The second-order valence-corrected chi connectivity index (χ2v) is 12.4. The van der Waals surface area contributed by atoms with Crippen molar-refractivity contribution in [3.05, 3.63) is 24.3 Å². The molecule has 1 rings (SSSR count). The summed E-state index contributed by atoms with van der Waals surface area (Å²) in [4.78, 5) is 0. The largest absolute Gasteiger partial charge is 0.390 e. The van der Waals surface area contributed by atoms with E-state index in [0.717, 1.165) is 19.3 Å². The average molecular weight is 517 g/mol. The minimum Gasteiger partial charge on any atom is -0.390 e. The minimum atomic E-state index is -0.355. The molecule has 0 heterocycles. The first-order valence-electron chi connectivity index (χ1n) is 17.2. The van der Waals surface area contributed by atoms with E-state index in [4.69, 9.17) is 0 Å². The van der Waals surface area contributed by atoms with Gasteiger partial charge in [-0.2, -0.15) is 0 Å². The molecule has 0 aromatic heterocycles. The smallest absolute Gasteiger partial charge is 0.0675 e. The van der Waals surface area contributed by atoms with Crippen LogP contribution in [0.25, 0.3) is 0 Å². The molecular formula is C36H68O. The Morgan fingerprint density at radius 2 is 0.892 bits per heavy atom. The molecule has 1 aliphatic rings. The van der Waals surface area contributed by atoms with Crippen LogP contribution in [0.5, 0.6) is 0 Å². The molecule has 0 amide bonds. The van der Waals surface area contributed by atoms with Crippen LogP contribution in [-0.4, -0.2) is 10.7 Å². The zero-order valence-corrected chi connectivity index (χ0v) is 25.6. The maximum atomic E-state index is 11.6. The molecule has 1 unspecified atom stereocenters. The van der Waals surface area contributed by atoms with Crippen molar-refractivity contribution < 1.29 is 5.11 Å². The molecule has 1 nitrogen and oxygen atoms in total. The summed E-state index contributed by atoms with van der Waals surface area (Å²) in [5.74, 6) is 0.587. The molecule has 1 fully saturated rings. The third kappa shape index (κ3) is 20.1. The molecule has 1 saturated carbocycles. The first kappa shape index (κ1) is 34.5. The van der Waals surface area contributed by atoms with Crippen molar-refractivity contribution in [1.29, 1.82) is 0 Å². The molecule has 1 aliphatic carbocycles. The van der Waals surface area contributed by atoms with E-state index in [2.05, 4.69) is 38.2 Å². The number of unbranched alkanes of at least 4 members (excludes halogenated alkanes) is 18. The average Bonchev–Trinajstić information content (AvgIpc) is 3.46. The lowest BCUT2D eigenvalue weighted by molar-refractivity contribution is -0.0355. The maximum absolute atomic E-state index is 11.6. The molecule has 1 atom stereocenters. The van der Waals surface area contributed by atoms with Gasteiger partial charge in [-0.3, -0.25) is 0 Å². The highest BCUT2D eigenvalue weighted by Crippen LogP contribution is 2.40. The predicted octanol–water partition coefficient (Wildman–Crippen LogP) is 12.4. The van der Waals surface area contributed by atoms with Gasteiger partial charge in [-0.05, 0) is 63.7 Å². The van der Waals surface area contributed by atoms with Crippen LogP contribution in [0, 0.1) is 5.92 Å². The summed E-state index contributed by atoms with van der Waals surface area (Å²) in [6.07, 6.45) is 46.2. The van der Waals surface area contributed by atoms with Crippen LogP contribution >= 0.6 is 0 Å². The van der Waals surface area contributed by atoms with Gasteiger partial charge in [0.25, 0.3) is 0 Å². The number of allylic oxidation sites excluding steroid dienone is 4. The highest BCUT2D eigenvalue weighted by Gasteiger charge is 2.36. The molecule has 0 saturated heterocycles. The molecule has 0 aromatic carbocycles. The van der Waals surface area contributed by atoms with E-state index in [1.165, 1.54) is 161 Å². The standard InChI is InChI=1S/C36H68O/c1-3-5-7-9-11-13-15-16-17-18-19-20-22-24-26-30-34-36(37,35-31-27-28-32-35)33-29-25-23-21-14-12-10-8-6-4-2/h11,13,16-17,35,37H,3-10,12,14-15,18-34H2,1-2H3/b13-11-,17-16-. The zero-order chi connectivity index (χ0) is 26.7. The van der Waals surface area contributed by atoms with Crippen molar-refractivity contribution in [3.63, 3.8) is 0 Å². The van der Waals surface area contributed by atoms with Crippen molar-refractivity contribution in [1.82, 2.24) is 0 Å². The van der Waals surface area contributed by atoms with Crippen molar-refractivity contribution in [2.75, 3.05) is 0 Å². The summed E-state index contributed by atoms with van der Waals surface area (Å²) >= 11 is 0. The van der Waals surface area contributed by atoms with E-state index in [1.54, 1.807) is 0 Å². The lowest BCUT2D eigenvalue weighted by Crippen LogP contribution is -2.36. The van der Waals surface area contributed by atoms with Crippen LogP contribution in [-0.2, 0) is 0 Å². The minimum absolute atomic E-state index is 0.355. The lowest BCUT2D eigenvalue weighted by atomic mass is 9.78. The van der Waals surface area contributed by atoms with E-state index in [-0.39, 0.29) is 5.60 Å². The van der Waals surface area contributed by atoms with Gasteiger partial charge in [-0.15, -0.1) is 0 Å². The monoisotopic (exact) mass is 517 g/mol. The molecule has 1 N–H and O–H groups in total. The molecule has 218 valence electrons. The zero-order valence-electron chi connectivity index (χ0n) is 25.6. The first-order valence-corrected chi connectivity index (χ1v) is 17.2. The first-order chi connectivity index (χ1) is 18.2. The van der Waals surface area contributed by atoms with Crippen LogP contribution in [0.2, 0.25) is 0 Å². The Morgan fingerprint density at radius 3 is 1.38 bits per heavy atom. The highest BCUT2D eigenvalue weighted by atomic mass is 16.3. The molecule has 0 aliphatic heterocycles. The molecule has 0 spiro atoms. The number of rotatable bonds is 27. The Kier molecular flexibility index (Phi) is 23.9. The van der Waals surface area contributed by atoms with Crippen LogP contribution < -0.4 is 0 Å². The molecule has 0 bridgehead atoms. The molecule has 0 radical (unpaired) electrons. The second kappa shape index (κ2) is 25.7. The van der Waals surface area contributed by atoms with Gasteiger partial charge < -0.3 is 5.11 Å². The van der Waals surface area contributed by atoms with Gasteiger partial charge in [0.05, 0.1) is 5.60 Å². The Morgan fingerprint density at radius 1 is 0.514 bits per heavy atom. The van der Waals surface area contributed by atoms with E-state index in [1.807, 2.05) is 0 Å². The molecule has 1 heteroatoms. The highest BCUT2D eigenvalue weighted by molar-refractivity contribution is 4.92. The predicted molar refractivity (Wildman–Crippen MR) is 167 cm³/mol. The number of hydrogen-bond donors (Lipinski definition) is 1. The van der Waals surface area contributed by atoms with Gasteiger partial charge in [0, 0.05) is 0 Å². The Labute approximate surface area is 234 Å². The molecule has 0 aromatic rings. The van der Waals surface area contributed by atoms with Gasteiger partial charge in [0.1, 0.15) is 0 Å². The Bertz CT molecular complexity index is 515. The van der Waals surface area contributed by atoms with E-state index in [0.29, 0.717) is 5.92 Å². The van der Waals surface area contributed by atoms with Crippen LogP contribution in [0.1, 0.15) is 194 Å². The van der Waals surface area contributed by atoms with Gasteiger partial charge in [-0.25, -0.2) is 0 Å². The fourth-order valence-corrected chi connectivity index (χ4v) is 6.33. The topological polar surface area (TPSA) is 20.2 Å². The van der Waals surface area contributed by atoms with Crippen molar-refractivity contribution >= 4 is 0 Å². The number of aliphatic hydroxyl groups is 1. The van der Waals surface area contributed by atoms with Gasteiger partial charge in [-0.1, -0.05) is 160 Å². The summed E-state index contributed by atoms with van der Waals surface area (Å²) in [6, 6.07) is 0. The second-order valence-electron chi connectivity index (χ2n) is 12.4. The third-order valence-electron chi connectivity index (χ3n) is 8.89. The van der Waals surface area contributed by atoms with E-state index in [9.17, 15) is 5.11 Å². The Balaban J connectivity index is 2.05. The van der Waals surface area contributed by atoms with Gasteiger partial charge in [0.15, 0.2) is 0 Å². The summed E-state index contributed by atoms with van der Waals surface area (Å²) in [5.41, 5.74) is -0.355. The van der Waals surface area contributed by atoms with E-state index >= 15 is 0 Å². The lowest BCUT2D eigenvalue weighted by Gasteiger charge is -2.34. The molecular weight excluding hydrogens is 448 g/mol. The van der Waals surface area contributed by atoms with Crippen molar-refractivity contribution in [2.45, 2.75) is 199 Å². The summed E-state index contributed by atoms with van der Waals surface area (Å²) in [5, 5.41) is 11.6. The maximum Gasteiger partial charge on any atom is 0.0675 e. The fourth-order valence-electron chi connectivity index (χ4n) is 6.33. The third-order valence-corrected chi connectivity index (χ3v) is 8.89. The van der Waals surface area contributed by atoms with Gasteiger partial charge in [0.2, 0.25) is 0 Å². The number of hydrogen-bond acceptors (Lipinski definition) is 1. The quantitative estimate of drug-likeness (QED) is 0.0850. The summed E-state index contributed by atoms with van der Waals surface area (Å²) in [6.45, 7) is 4.56. The Hall–Kier alpha value is -0.560.